The van der Waals surface area contributed by atoms with Gasteiger partial charge in [0.25, 0.3) is 0 Å². The van der Waals surface area contributed by atoms with Gasteiger partial charge in [-0.15, -0.1) is 11.3 Å². The zero-order valence-corrected chi connectivity index (χ0v) is 9.92. The first kappa shape index (κ1) is 9.25. The number of fused-ring (bicyclic) bond motifs is 5. The molecule has 2 aliphatic rings. The molecule has 0 saturated carbocycles. The fourth-order valence-electron chi connectivity index (χ4n) is 2.64. The van der Waals surface area contributed by atoms with Crippen LogP contribution in [0.4, 0.5) is 0 Å². The third-order valence-corrected chi connectivity index (χ3v) is 4.61. The molecule has 0 fully saturated rings. The van der Waals surface area contributed by atoms with Gasteiger partial charge in [-0.1, -0.05) is 36.4 Å². The highest BCUT2D eigenvalue weighted by molar-refractivity contribution is 7.08. The van der Waals surface area contributed by atoms with Crippen LogP contribution in [0.15, 0.2) is 36.4 Å². The van der Waals surface area contributed by atoms with E-state index in [1.165, 1.54) is 21.2 Å². The van der Waals surface area contributed by atoms with Crippen LogP contribution in [0.1, 0.15) is 11.1 Å². The first-order valence-corrected chi connectivity index (χ1v) is 6.49. The second-order valence-corrected chi connectivity index (χ2v) is 5.39. The molecular weight excluding hydrogens is 228 g/mol. The summed E-state index contributed by atoms with van der Waals surface area (Å²) in [7, 11) is 0. The van der Waals surface area contributed by atoms with Gasteiger partial charge in [0.1, 0.15) is 5.76 Å². The zero-order valence-electron chi connectivity index (χ0n) is 9.10. The van der Waals surface area contributed by atoms with E-state index in [9.17, 15) is 5.11 Å². The Hall–Kier alpha value is -1.80. The zero-order chi connectivity index (χ0) is 11.4. The van der Waals surface area contributed by atoms with Crippen molar-refractivity contribution < 1.29 is 5.11 Å². The lowest BCUT2D eigenvalue weighted by molar-refractivity contribution is 0.511. The topological polar surface area (TPSA) is 20.2 Å². The predicted molar refractivity (Wildman–Crippen MR) is 71.5 cm³/mol. The van der Waals surface area contributed by atoms with E-state index in [1.807, 2.05) is 18.2 Å². The summed E-state index contributed by atoms with van der Waals surface area (Å²) in [6.45, 7) is 0. The Morgan fingerprint density at radius 1 is 1.12 bits per heavy atom. The Morgan fingerprint density at radius 2 is 1.94 bits per heavy atom. The molecule has 82 valence electrons. The van der Waals surface area contributed by atoms with E-state index >= 15 is 0 Å². The lowest BCUT2D eigenvalue weighted by atomic mass is 9.99. The SMILES string of the molecule is OC1=c2sc3c(c2-c2ccccc21)CC=CC=3. The minimum atomic E-state index is 0.448. The average molecular weight is 238 g/mol. The fraction of sp³-hybridized carbons (Fsp3) is 0.0667. The molecule has 0 aliphatic heterocycles. The van der Waals surface area contributed by atoms with Gasteiger partial charge in [-0.05, 0) is 23.6 Å². The molecule has 0 spiro atoms. The number of aliphatic hydroxyl groups is 1. The number of rotatable bonds is 0. The quantitative estimate of drug-likeness (QED) is 0.747. The van der Waals surface area contributed by atoms with Crippen molar-refractivity contribution in [1.29, 1.82) is 0 Å². The van der Waals surface area contributed by atoms with Crippen LogP contribution in [0.25, 0.3) is 23.0 Å². The van der Waals surface area contributed by atoms with Gasteiger partial charge >= 0.3 is 0 Å². The van der Waals surface area contributed by atoms with Gasteiger partial charge in [0.2, 0.25) is 0 Å². The summed E-state index contributed by atoms with van der Waals surface area (Å²) in [6.07, 6.45) is 7.38. The standard InChI is InChI=1S/C15H10OS/c16-14-10-6-2-1-5-9(10)13-11-7-3-4-8-12(11)17-15(13)14/h1-6,8,16H,7H2. The molecule has 0 bridgehead atoms. The molecule has 1 aromatic carbocycles. The van der Waals surface area contributed by atoms with E-state index in [2.05, 4.69) is 24.3 Å². The van der Waals surface area contributed by atoms with Crippen molar-refractivity contribution in [3.05, 3.63) is 56.6 Å². The Labute approximate surface area is 103 Å². The summed E-state index contributed by atoms with van der Waals surface area (Å²) in [5, 5.41) is 10.3. The largest absolute Gasteiger partial charge is 0.506 e. The third kappa shape index (κ3) is 1.08. The number of hydrogen-bond acceptors (Lipinski definition) is 2. The Balaban J connectivity index is 2.20. The van der Waals surface area contributed by atoms with E-state index < -0.39 is 0 Å². The molecule has 1 heterocycles. The van der Waals surface area contributed by atoms with Gasteiger partial charge < -0.3 is 5.11 Å². The van der Waals surface area contributed by atoms with Crippen LogP contribution in [-0.4, -0.2) is 5.11 Å². The van der Waals surface area contributed by atoms with Crippen molar-refractivity contribution in [2.24, 2.45) is 0 Å². The van der Waals surface area contributed by atoms with Crippen LogP contribution in [0, 0.1) is 0 Å². The van der Waals surface area contributed by atoms with E-state index in [4.69, 9.17) is 0 Å². The van der Waals surface area contributed by atoms with Gasteiger partial charge in [0, 0.05) is 15.7 Å². The third-order valence-electron chi connectivity index (χ3n) is 3.41. The molecule has 2 heteroatoms. The van der Waals surface area contributed by atoms with Crippen LogP contribution >= 0.6 is 11.3 Å². The maximum Gasteiger partial charge on any atom is 0.141 e. The fourth-order valence-corrected chi connectivity index (χ4v) is 3.86. The average Bonchev–Trinajstić information content (AvgIpc) is 2.88. The van der Waals surface area contributed by atoms with E-state index in [-0.39, 0.29) is 0 Å². The van der Waals surface area contributed by atoms with Gasteiger partial charge in [0.15, 0.2) is 0 Å². The van der Waals surface area contributed by atoms with Crippen LogP contribution in [0.2, 0.25) is 0 Å². The van der Waals surface area contributed by atoms with E-state index in [0.29, 0.717) is 5.76 Å². The lowest BCUT2D eigenvalue weighted by Gasteiger charge is -2.04. The van der Waals surface area contributed by atoms with Crippen molar-refractivity contribution in [1.82, 2.24) is 0 Å². The maximum atomic E-state index is 10.3. The number of hydrogen-bond donors (Lipinski definition) is 1. The van der Waals surface area contributed by atoms with Gasteiger partial charge in [0.05, 0.1) is 4.53 Å². The molecule has 0 unspecified atom stereocenters. The summed E-state index contributed by atoms with van der Waals surface area (Å²) < 4.78 is 2.33. The van der Waals surface area contributed by atoms with E-state index in [1.54, 1.807) is 11.3 Å². The molecule has 2 aliphatic carbocycles. The normalized spacial score (nSPS) is 15.2. The highest BCUT2D eigenvalue weighted by Crippen LogP contribution is 2.33. The smallest absolute Gasteiger partial charge is 0.141 e. The lowest BCUT2D eigenvalue weighted by Crippen LogP contribution is -2.04. The second-order valence-electron chi connectivity index (χ2n) is 4.34. The Bertz CT molecular complexity index is 778. The van der Waals surface area contributed by atoms with Gasteiger partial charge in [-0.3, -0.25) is 0 Å². The van der Waals surface area contributed by atoms with Gasteiger partial charge in [-0.2, -0.15) is 0 Å². The number of aliphatic hydroxyl groups excluding tert-OH is 1. The Morgan fingerprint density at radius 3 is 2.82 bits per heavy atom. The summed E-state index contributed by atoms with van der Waals surface area (Å²) >= 11 is 1.70. The maximum absolute atomic E-state index is 10.3. The van der Waals surface area contributed by atoms with Crippen molar-refractivity contribution in [3.8, 4) is 11.1 Å². The Kier molecular flexibility index (Phi) is 1.69. The number of benzene rings is 1. The summed E-state index contributed by atoms with van der Waals surface area (Å²) in [6, 6.07) is 8.10. The van der Waals surface area contributed by atoms with Crippen LogP contribution < -0.4 is 9.06 Å². The minimum Gasteiger partial charge on any atom is -0.506 e. The molecular formula is C15H10OS. The first-order chi connectivity index (χ1) is 8.36. The molecule has 2 aromatic rings. The summed E-state index contributed by atoms with van der Waals surface area (Å²) in [5.74, 6) is 0.448. The number of allylic oxidation sites excluding steroid dienone is 2. The number of thiophene rings is 1. The highest BCUT2D eigenvalue weighted by atomic mass is 32.1. The highest BCUT2D eigenvalue weighted by Gasteiger charge is 2.24. The molecule has 1 nitrogen and oxygen atoms in total. The summed E-state index contributed by atoms with van der Waals surface area (Å²) in [4.78, 5) is 0. The van der Waals surface area contributed by atoms with Crippen molar-refractivity contribution >= 4 is 23.2 Å². The molecule has 1 aromatic heterocycles. The van der Waals surface area contributed by atoms with E-state index in [0.717, 1.165) is 16.5 Å². The predicted octanol–water partition coefficient (Wildman–Crippen LogP) is 2.34. The van der Waals surface area contributed by atoms with Crippen molar-refractivity contribution in [2.75, 3.05) is 0 Å². The van der Waals surface area contributed by atoms with Crippen LogP contribution in [0.5, 0.6) is 0 Å². The monoisotopic (exact) mass is 238 g/mol. The first-order valence-electron chi connectivity index (χ1n) is 5.68. The molecule has 0 saturated heterocycles. The molecule has 0 atom stereocenters. The van der Waals surface area contributed by atoms with Crippen LogP contribution in [-0.2, 0) is 6.42 Å². The van der Waals surface area contributed by atoms with Crippen molar-refractivity contribution in [3.63, 3.8) is 0 Å². The molecule has 1 N–H and O–H groups in total. The van der Waals surface area contributed by atoms with Gasteiger partial charge in [-0.25, -0.2) is 0 Å². The molecule has 4 rings (SSSR count). The minimum absolute atomic E-state index is 0.448. The molecule has 0 amide bonds. The van der Waals surface area contributed by atoms with Crippen molar-refractivity contribution in [2.45, 2.75) is 6.42 Å². The molecule has 0 radical (unpaired) electrons. The molecule has 17 heavy (non-hydrogen) atoms. The summed E-state index contributed by atoms with van der Waals surface area (Å²) in [5.41, 5.74) is 4.77. The van der Waals surface area contributed by atoms with Crippen LogP contribution in [0.3, 0.4) is 0 Å². The second kappa shape index (κ2) is 3.11.